The van der Waals surface area contributed by atoms with E-state index in [0.717, 1.165) is 47.3 Å². The van der Waals surface area contributed by atoms with E-state index in [-0.39, 0.29) is 17.2 Å². The summed E-state index contributed by atoms with van der Waals surface area (Å²) in [6, 6.07) is 2.07. The maximum Gasteiger partial charge on any atom is 0.227 e. The highest BCUT2D eigenvalue weighted by molar-refractivity contribution is 5.95. The Hall–Kier alpha value is -1.51. The van der Waals surface area contributed by atoms with E-state index in [4.69, 9.17) is 5.73 Å². The number of hydrogen-bond acceptors (Lipinski definition) is 2. The lowest BCUT2D eigenvalue weighted by atomic mass is 9.76. The first-order valence-electron chi connectivity index (χ1n) is 11.7. The standard InChI is InChI=1S/C27H48N2O/c1-17(15-26(6,7)8)12-13-22(20(4)16-27(9,10)11)25(30)29-24-19(3)14-18(2)23(28)21(24)5/h14,17,20,22H,12-13,15-16,28H2,1-11H3,(H,29,30). The van der Waals surface area contributed by atoms with Crippen LogP contribution in [0.3, 0.4) is 0 Å². The minimum atomic E-state index is 0.00738. The molecular weight excluding hydrogens is 368 g/mol. The largest absolute Gasteiger partial charge is 0.398 e. The fraction of sp³-hybridized carbons (Fsp3) is 0.741. The fourth-order valence-corrected chi connectivity index (χ4v) is 5.00. The molecule has 1 amide bonds. The Morgan fingerprint density at radius 1 is 0.933 bits per heavy atom. The van der Waals surface area contributed by atoms with Crippen molar-refractivity contribution in [2.24, 2.45) is 28.6 Å². The second kappa shape index (κ2) is 10.2. The average molecular weight is 417 g/mol. The van der Waals surface area contributed by atoms with Gasteiger partial charge in [-0.3, -0.25) is 4.79 Å². The second-order valence-corrected chi connectivity index (χ2v) is 12.2. The zero-order valence-corrected chi connectivity index (χ0v) is 21.6. The molecule has 30 heavy (non-hydrogen) atoms. The number of aryl methyl sites for hydroxylation is 2. The molecule has 3 atom stereocenters. The molecule has 1 aromatic carbocycles. The Morgan fingerprint density at radius 2 is 1.47 bits per heavy atom. The lowest BCUT2D eigenvalue weighted by Crippen LogP contribution is -2.31. The molecule has 0 spiro atoms. The van der Waals surface area contributed by atoms with Crippen molar-refractivity contribution >= 4 is 17.3 Å². The van der Waals surface area contributed by atoms with Crippen LogP contribution in [-0.2, 0) is 4.79 Å². The van der Waals surface area contributed by atoms with E-state index in [1.165, 1.54) is 6.42 Å². The molecule has 0 heterocycles. The van der Waals surface area contributed by atoms with E-state index >= 15 is 0 Å². The molecular formula is C27H48N2O. The van der Waals surface area contributed by atoms with Crippen LogP contribution in [0, 0.1) is 49.4 Å². The predicted molar refractivity (Wildman–Crippen MR) is 133 cm³/mol. The topological polar surface area (TPSA) is 55.1 Å². The molecule has 1 rings (SSSR count). The van der Waals surface area contributed by atoms with Gasteiger partial charge in [0.05, 0.1) is 0 Å². The summed E-state index contributed by atoms with van der Waals surface area (Å²) in [5.74, 6) is 1.09. The molecule has 3 unspecified atom stereocenters. The SMILES string of the molecule is Cc1cc(C)c(NC(=O)C(CCC(C)CC(C)(C)C)C(C)CC(C)(C)C)c(C)c1N. The zero-order valence-electron chi connectivity index (χ0n) is 21.6. The van der Waals surface area contributed by atoms with Crippen molar-refractivity contribution in [1.29, 1.82) is 0 Å². The Morgan fingerprint density at radius 3 is 1.97 bits per heavy atom. The van der Waals surface area contributed by atoms with Crippen molar-refractivity contribution in [2.75, 3.05) is 11.1 Å². The molecule has 3 heteroatoms. The van der Waals surface area contributed by atoms with Crippen molar-refractivity contribution in [3.05, 3.63) is 22.8 Å². The number of carbonyl (C=O) groups is 1. The molecule has 0 saturated carbocycles. The molecule has 0 fully saturated rings. The van der Waals surface area contributed by atoms with Crippen LogP contribution in [0.4, 0.5) is 11.4 Å². The number of anilines is 2. The van der Waals surface area contributed by atoms with Crippen molar-refractivity contribution in [1.82, 2.24) is 0 Å². The van der Waals surface area contributed by atoms with Gasteiger partial charge >= 0.3 is 0 Å². The third-order valence-electron chi connectivity index (χ3n) is 6.17. The average Bonchev–Trinajstić information content (AvgIpc) is 2.53. The summed E-state index contributed by atoms with van der Waals surface area (Å²) in [5.41, 5.74) is 11.6. The number of hydrogen-bond donors (Lipinski definition) is 2. The molecule has 0 aliphatic heterocycles. The van der Waals surface area contributed by atoms with Gasteiger partial charge in [0.2, 0.25) is 5.91 Å². The molecule has 3 N–H and O–H groups in total. The number of carbonyl (C=O) groups excluding carboxylic acids is 1. The number of amides is 1. The summed E-state index contributed by atoms with van der Waals surface area (Å²) in [6.45, 7) is 24.3. The van der Waals surface area contributed by atoms with Gasteiger partial charge in [-0.1, -0.05) is 61.5 Å². The smallest absolute Gasteiger partial charge is 0.227 e. The van der Waals surface area contributed by atoms with Crippen molar-refractivity contribution in [3.63, 3.8) is 0 Å². The maximum atomic E-state index is 13.5. The van der Waals surface area contributed by atoms with E-state index < -0.39 is 0 Å². The number of rotatable bonds is 8. The zero-order chi connectivity index (χ0) is 23.4. The first-order valence-corrected chi connectivity index (χ1v) is 11.7. The van der Waals surface area contributed by atoms with Crippen LogP contribution in [0.15, 0.2) is 6.07 Å². The first kappa shape index (κ1) is 26.5. The van der Waals surface area contributed by atoms with Crippen LogP contribution >= 0.6 is 0 Å². The van der Waals surface area contributed by atoms with Gasteiger partial charge in [0.25, 0.3) is 0 Å². The second-order valence-electron chi connectivity index (χ2n) is 12.2. The van der Waals surface area contributed by atoms with Gasteiger partial charge in [-0.25, -0.2) is 0 Å². The summed E-state index contributed by atoms with van der Waals surface area (Å²) in [7, 11) is 0. The van der Waals surface area contributed by atoms with E-state index in [9.17, 15) is 4.79 Å². The first-order chi connectivity index (χ1) is 13.5. The van der Waals surface area contributed by atoms with Crippen LogP contribution in [0.1, 0.15) is 97.8 Å². The van der Waals surface area contributed by atoms with Gasteiger partial charge < -0.3 is 11.1 Å². The molecule has 1 aromatic rings. The maximum absolute atomic E-state index is 13.5. The third kappa shape index (κ3) is 8.32. The Bertz CT molecular complexity index is 722. The summed E-state index contributed by atoms with van der Waals surface area (Å²) in [6.07, 6.45) is 4.23. The summed E-state index contributed by atoms with van der Waals surface area (Å²) in [5, 5.41) is 3.27. The Kier molecular flexibility index (Phi) is 9.02. The minimum Gasteiger partial charge on any atom is -0.398 e. The van der Waals surface area contributed by atoms with E-state index in [1.54, 1.807) is 0 Å². The molecule has 0 saturated heterocycles. The minimum absolute atomic E-state index is 0.00738. The van der Waals surface area contributed by atoms with Gasteiger partial charge in [-0.2, -0.15) is 0 Å². The molecule has 3 nitrogen and oxygen atoms in total. The molecule has 0 radical (unpaired) electrons. The quantitative estimate of drug-likeness (QED) is 0.427. The predicted octanol–water partition coefficient (Wildman–Crippen LogP) is 7.67. The van der Waals surface area contributed by atoms with Crippen LogP contribution in [0.5, 0.6) is 0 Å². The molecule has 0 aliphatic rings. The summed E-state index contributed by atoms with van der Waals surface area (Å²) in [4.78, 5) is 13.5. The van der Waals surface area contributed by atoms with Crippen molar-refractivity contribution < 1.29 is 4.79 Å². The van der Waals surface area contributed by atoms with Crippen LogP contribution in [0.25, 0.3) is 0 Å². The lowest BCUT2D eigenvalue weighted by molar-refractivity contribution is -0.122. The van der Waals surface area contributed by atoms with Gasteiger partial charge in [0, 0.05) is 17.3 Å². The normalized spacial score (nSPS) is 15.6. The molecule has 0 aliphatic carbocycles. The van der Waals surface area contributed by atoms with Crippen molar-refractivity contribution in [2.45, 2.75) is 102 Å². The lowest BCUT2D eigenvalue weighted by Gasteiger charge is -2.31. The Labute approximate surface area is 186 Å². The highest BCUT2D eigenvalue weighted by Crippen LogP contribution is 2.35. The summed E-state index contributed by atoms with van der Waals surface area (Å²) >= 11 is 0. The third-order valence-corrected chi connectivity index (χ3v) is 6.17. The fourth-order valence-electron chi connectivity index (χ4n) is 5.00. The van der Waals surface area contributed by atoms with Gasteiger partial charge in [-0.05, 0) is 85.8 Å². The number of nitrogens with two attached hydrogens (primary N) is 1. The Balaban J connectivity index is 3.06. The van der Waals surface area contributed by atoms with Crippen LogP contribution < -0.4 is 11.1 Å². The number of nitrogens with one attached hydrogen (secondary N) is 1. The monoisotopic (exact) mass is 416 g/mol. The van der Waals surface area contributed by atoms with Crippen LogP contribution in [-0.4, -0.2) is 5.91 Å². The number of benzene rings is 1. The highest BCUT2D eigenvalue weighted by atomic mass is 16.1. The van der Waals surface area contributed by atoms with Crippen LogP contribution in [0.2, 0.25) is 0 Å². The van der Waals surface area contributed by atoms with E-state index in [0.29, 0.717) is 17.3 Å². The van der Waals surface area contributed by atoms with E-state index in [2.05, 4.69) is 66.8 Å². The molecule has 0 bridgehead atoms. The highest BCUT2D eigenvalue weighted by Gasteiger charge is 2.30. The van der Waals surface area contributed by atoms with Gasteiger partial charge in [-0.15, -0.1) is 0 Å². The van der Waals surface area contributed by atoms with Gasteiger partial charge in [0.1, 0.15) is 0 Å². The van der Waals surface area contributed by atoms with E-state index in [1.807, 2.05) is 20.8 Å². The number of nitrogen functional groups attached to an aromatic ring is 1. The van der Waals surface area contributed by atoms with Crippen molar-refractivity contribution in [3.8, 4) is 0 Å². The van der Waals surface area contributed by atoms with Gasteiger partial charge in [0.15, 0.2) is 0 Å². The molecule has 0 aromatic heterocycles. The summed E-state index contributed by atoms with van der Waals surface area (Å²) < 4.78 is 0. The molecule has 172 valence electrons.